The quantitative estimate of drug-likeness (QED) is 0.580. The first-order valence-corrected chi connectivity index (χ1v) is 11.4. The average Bonchev–Trinajstić information content (AvgIpc) is 3.11. The average molecular weight is 411 g/mol. The molecule has 0 spiro atoms. The van der Waals surface area contributed by atoms with Gasteiger partial charge in [-0.25, -0.2) is 0 Å². The minimum atomic E-state index is -0.449. The Hall–Kier alpha value is -0.490. The van der Waals surface area contributed by atoms with Crippen molar-refractivity contribution >= 4 is 5.78 Å². The molecule has 0 saturated heterocycles. The first-order chi connectivity index (χ1) is 13.7. The van der Waals surface area contributed by atoms with E-state index in [-0.39, 0.29) is 35.7 Å². The third-order valence-corrected chi connectivity index (χ3v) is 9.39. The van der Waals surface area contributed by atoms with Crippen molar-refractivity contribution in [3.63, 3.8) is 0 Å². The van der Waals surface area contributed by atoms with E-state index in [4.69, 9.17) is 18.9 Å². The van der Waals surface area contributed by atoms with E-state index in [9.17, 15) is 4.79 Å². The van der Waals surface area contributed by atoms with Crippen molar-refractivity contribution < 1.29 is 23.7 Å². The third-order valence-electron chi connectivity index (χ3n) is 9.39. The fourth-order valence-electron chi connectivity index (χ4n) is 7.44. The lowest BCUT2D eigenvalue weighted by molar-refractivity contribution is -0.220. The maximum atomic E-state index is 14.0. The first-order valence-electron chi connectivity index (χ1n) is 11.4. The molecular weight excluding hydrogens is 368 g/mol. The van der Waals surface area contributed by atoms with Gasteiger partial charge < -0.3 is 18.9 Å². The van der Waals surface area contributed by atoms with Crippen LogP contribution in [-0.2, 0) is 23.7 Å². The second kappa shape index (κ2) is 8.57. The molecule has 168 valence electrons. The highest BCUT2D eigenvalue weighted by Gasteiger charge is 2.68. The van der Waals surface area contributed by atoms with Crippen molar-refractivity contribution in [3.05, 3.63) is 0 Å². The van der Waals surface area contributed by atoms with Crippen LogP contribution in [0.4, 0.5) is 0 Å². The van der Waals surface area contributed by atoms with Crippen LogP contribution in [-0.4, -0.2) is 52.7 Å². The maximum Gasteiger partial charge on any atom is 0.146 e. The van der Waals surface area contributed by atoms with E-state index in [1.54, 1.807) is 14.2 Å². The summed E-state index contributed by atoms with van der Waals surface area (Å²) < 4.78 is 23.2. The topological polar surface area (TPSA) is 54.0 Å². The molecule has 3 saturated carbocycles. The highest BCUT2D eigenvalue weighted by Crippen LogP contribution is 2.68. The number of carbonyl (C=O) groups excluding carboxylic acids is 1. The molecule has 3 aliphatic carbocycles. The van der Waals surface area contributed by atoms with Crippen LogP contribution < -0.4 is 0 Å². The van der Waals surface area contributed by atoms with E-state index in [2.05, 4.69) is 27.7 Å². The normalized spacial score (nSPS) is 47.6. The predicted octanol–water partition coefficient (Wildman–Crippen LogP) is 4.47. The van der Waals surface area contributed by atoms with Gasteiger partial charge in [-0.3, -0.25) is 4.79 Å². The Morgan fingerprint density at radius 2 is 1.72 bits per heavy atom. The smallest absolute Gasteiger partial charge is 0.146 e. The molecule has 0 aliphatic heterocycles. The van der Waals surface area contributed by atoms with Gasteiger partial charge in [0.25, 0.3) is 0 Å². The van der Waals surface area contributed by atoms with Gasteiger partial charge in [-0.1, -0.05) is 27.7 Å². The lowest BCUT2D eigenvalue weighted by Gasteiger charge is -2.62. The van der Waals surface area contributed by atoms with Crippen LogP contribution >= 0.6 is 0 Å². The molecule has 0 N–H and O–H groups in total. The molecule has 2 bridgehead atoms. The van der Waals surface area contributed by atoms with Crippen molar-refractivity contribution in [2.45, 2.75) is 78.4 Å². The van der Waals surface area contributed by atoms with Gasteiger partial charge in [0.05, 0.1) is 12.2 Å². The second-order valence-corrected chi connectivity index (χ2v) is 10.5. The lowest BCUT2D eigenvalue weighted by atomic mass is 9.44. The molecule has 29 heavy (non-hydrogen) atoms. The van der Waals surface area contributed by atoms with E-state index in [0.717, 1.165) is 32.1 Å². The third kappa shape index (κ3) is 3.50. The Kier molecular flexibility index (Phi) is 6.85. The largest absolute Gasteiger partial charge is 0.385 e. The van der Waals surface area contributed by atoms with E-state index >= 15 is 0 Å². The molecule has 0 aromatic heterocycles. The van der Waals surface area contributed by atoms with Gasteiger partial charge in [0.2, 0.25) is 0 Å². The molecular formula is C24H42O5. The fourth-order valence-corrected chi connectivity index (χ4v) is 7.44. The minimum Gasteiger partial charge on any atom is -0.385 e. The fraction of sp³-hybridized carbons (Fsp3) is 0.958. The van der Waals surface area contributed by atoms with Crippen LogP contribution in [0, 0.1) is 34.0 Å². The number of hydrogen-bond acceptors (Lipinski definition) is 5. The van der Waals surface area contributed by atoms with Gasteiger partial charge in [-0.2, -0.15) is 0 Å². The van der Waals surface area contributed by atoms with Gasteiger partial charge in [0.1, 0.15) is 12.6 Å². The van der Waals surface area contributed by atoms with Crippen LogP contribution in [0.1, 0.15) is 66.2 Å². The summed E-state index contributed by atoms with van der Waals surface area (Å²) in [6.07, 6.45) is 5.95. The van der Waals surface area contributed by atoms with E-state index in [0.29, 0.717) is 30.6 Å². The number of ether oxygens (including phenoxy) is 4. The van der Waals surface area contributed by atoms with Crippen LogP contribution in [0.15, 0.2) is 0 Å². The highest BCUT2D eigenvalue weighted by atomic mass is 16.7. The summed E-state index contributed by atoms with van der Waals surface area (Å²) in [7, 11) is 5.23. The molecule has 8 atom stereocenters. The predicted molar refractivity (Wildman–Crippen MR) is 113 cm³/mol. The second-order valence-electron chi connectivity index (χ2n) is 10.5. The summed E-state index contributed by atoms with van der Waals surface area (Å²) in [5.74, 6) is 1.26. The molecule has 0 heterocycles. The van der Waals surface area contributed by atoms with E-state index in [1.165, 1.54) is 0 Å². The molecule has 3 rings (SSSR count). The lowest BCUT2D eigenvalue weighted by Crippen LogP contribution is -2.63. The Morgan fingerprint density at radius 1 is 1.03 bits per heavy atom. The van der Waals surface area contributed by atoms with Gasteiger partial charge in [0.15, 0.2) is 0 Å². The van der Waals surface area contributed by atoms with Crippen LogP contribution in [0.3, 0.4) is 0 Å². The first kappa shape index (κ1) is 23.2. The summed E-state index contributed by atoms with van der Waals surface area (Å²) in [6, 6.07) is 0. The molecule has 0 aromatic rings. The highest BCUT2D eigenvalue weighted by molar-refractivity contribution is 5.87. The van der Waals surface area contributed by atoms with Crippen molar-refractivity contribution in [1.82, 2.24) is 0 Å². The number of ketones is 1. The van der Waals surface area contributed by atoms with Gasteiger partial charge in [-0.15, -0.1) is 0 Å². The van der Waals surface area contributed by atoms with Crippen molar-refractivity contribution in [3.8, 4) is 0 Å². The summed E-state index contributed by atoms with van der Waals surface area (Å²) >= 11 is 0. The zero-order valence-corrected chi connectivity index (χ0v) is 19.6. The molecule has 3 aliphatic rings. The molecule has 5 heteroatoms. The standard InChI is InChI=1S/C24H42O5/c1-16-8-10-24-11-9-18(28-7)20(24)23(16,4)19(29-15-27-6)14-22(3,12-13-26-5)21(25)17(24)2/h16-20H,8-15H2,1-7H3/t16-,17+,18-,19-,20?,22-,23+,24?/m1/s1. The van der Waals surface area contributed by atoms with Crippen LogP contribution in [0.2, 0.25) is 0 Å². The van der Waals surface area contributed by atoms with Crippen LogP contribution in [0.25, 0.3) is 0 Å². The Labute approximate surface area is 177 Å². The van der Waals surface area contributed by atoms with Crippen LogP contribution in [0.5, 0.6) is 0 Å². The Bertz CT molecular complexity index is 594. The summed E-state index contributed by atoms with van der Waals surface area (Å²) in [6.45, 7) is 9.97. The van der Waals surface area contributed by atoms with Gasteiger partial charge in [-0.05, 0) is 55.8 Å². The summed E-state index contributed by atoms with van der Waals surface area (Å²) in [5.41, 5.74) is -0.505. The number of carbonyl (C=O) groups is 1. The summed E-state index contributed by atoms with van der Waals surface area (Å²) in [5, 5.41) is 0. The van der Waals surface area contributed by atoms with E-state index in [1.807, 2.05) is 7.11 Å². The van der Waals surface area contributed by atoms with Gasteiger partial charge >= 0.3 is 0 Å². The number of Topliss-reactive ketones (excluding diaryl/α,β-unsaturated/α-hetero) is 1. The molecule has 0 aromatic carbocycles. The maximum absolute atomic E-state index is 14.0. The molecule has 0 amide bonds. The number of rotatable bonds is 7. The zero-order chi connectivity index (χ0) is 21.4. The van der Waals surface area contributed by atoms with Crippen molar-refractivity contribution in [1.29, 1.82) is 0 Å². The Morgan fingerprint density at radius 3 is 2.34 bits per heavy atom. The number of methoxy groups -OCH3 is 3. The SMILES string of the molecule is COCC[C@]1(C)C[C@@H](OCOC)[C@@]2(C)C3[C@H](OC)CCC3(CC[C@H]2C)[C@@H](C)C1=O. The van der Waals surface area contributed by atoms with Crippen molar-refractivity contribution in [2.24, 2.45) is 34.0 Å². The molecule has 5 nitrogen and oxygen atoms in total. The molecule has 0 radical (unpaired) electrons. The zero-order valence-electron chi connectivity index (χ0n) is 19.6. The van der Waals surface area contributed by atoms with E-state index < -0.39 is 5.41 Å². The van der Waals surface area contributed by atoms with Gasteiger partial charge in [0, 0.05) is 44.7 Å². The van der Waals surface area contributed by atoms with Crippen molar-refractivity contribution in [2.75, 3.05) is 34.7 Å². The molecule has 3 fully saturated rings. The molecule has 2 unspecified atom stereocenters. The minimum absolute atomic E-state index is 0.00243. The Balaban J connectivity index is 2.14. The summed E-state index contributed by atoms with van der Waals surface area (Å²) in [4.78, 5) is 14.0. The number of hydrogen-bond donors (Lipinski definition) is 0. The monoisotopic (exact) mass is 410 g/mol.